The quantitative estimate of drug-likeness (QED) is 0.778. The Morgan fingerprint density at radius 3 is 2.76 bits per heavy atom. The first-order valence-corrected chi connectivity index (χ1v) is 11.2. The van der Waals surface area contributed by atoms with Crippen molar-refractivity contribution in [2.75, 3.05) is 24.5 Å². The van der Waals surface area contributed by atoms with E-state index in [1.165, 1.54) is 42.5 Å². The molecule has 2 aromatic rings. The van der Waals surface area contributed by atoms with Crippen molar-refractivity contribution in [3.05, 3.63) is 59.9 Å². The average Bonchev–Trinajstić information content (AvgIpc) is 3.28. The third-order valence-corrected chi connectivity index (χ3v) is 7.18. The van der Waals surface area contributed by atoms with Crippen LogP contribution in [-0.4, -0.2) is 35.4 Å². The number of hydrogen-bond donors (Lipinski definition) is 0. The van der Waals surface area contributed by atoms with E-state index < -0.39 is 0 Å². The fraction of sp³-hybridized carbons (Fsp3) is 0.520. The minimum absolute atomic E-state index is 0.170. The Labute approximate surface area is 173 Å². The number of carbonyl (C=O) groups excluding carboxylic acids is 1. The van der Waals surface area contributed by atoms with Crippen LogP contribution < -0.4 is 4.90 Å². The third-order valence-electron chi connectivity index (χ3n) is 7.18. The molecule has 1 saturated carbocycles. The van der Waals surface area contributed by atoms with Gasteiger partial charge in [0.25, 0.3) is 0 Å². The number of fused-ring (bicyclic) bond motifs is 1. The van der Waals surface area contributed by atoms with Crippen LogP contribution in [0.1, 0.15) is 49.7 Å². The largest absolute Gasteiger partial charge is 0.311 e. The van der Waals surface area contributed by atoms with Crippen LogP contribution in [0.25, 0.3) is 0 Å². The first-order chi connectivity index (χ1) is 14.2. The lowest BCUT2D eigenvalue weighted by Gasteiger charge is -2.49. The normalized spacial score (nSPS) is 25.3. The molecule has 5 rings (SSSR count). The highest BCUT2D eigenvalue weighted by Crippen LogP contribution is 2.43. The first-order valence-electron chi connectivity index (χ1n) is 11.2. The zero-order valence-electron chi connectivity index (χ0n) is 17.2. The average molecular weight is 390 g/mol. The van der Waals surface area contributed by atoms with Crippen LogP contribution in [-0.2, 0) is 17.8 Å². The molecule has 3 aliphatic rings. The van der Waals surface area contributed by atoms with E-state index >= 15 is 0 Å². The van der Waals surface area contributed by atoms with Gasteiger partial charge in [-0.3, -0.25) is 14.7 Å². The van der Waals surface area contributed by atoms with Crippen LogP contribution in [0.3, 0.4) is 0 Å². The molecular weight excluding hydrogens is 358 g/mol. The number of likely N-dealkylation sites (tertiary alicyclic amines) is 1. The Morgan fingerprint density at radius 1 is 1.07 bits per heavy atom. The third kappa shape index (κ3) is 3.83. The first kappa shape index (κ1) is 18.8. The lowest BCUT2D eigenvalue weighted by molar-refractivity contribution is -0.123. The van der Waals surface area contributed by atoms with Crippen LogP contribution in [0.15, 0.2) is 48.8 Å². The standard InChI is InChI=1S/C25H31N3O/c29-24(21-8-1-2-9-21)28-19-25(15-22-10-3-4-11-23(22)28)12-6-14-27(18-25)17-20-7-5-13-26-16-20/h3-5,7,10-11,13,16,21H,1-2,6,8-9,12,14-15,17-19H2. The molecule has 29 heavy (non-hydrogen) atoms. The summed E-state index contributed by atoms with van der Waals surface area (Å²) in [6, 6.07) is 12.8. The van der Waals surface area contributed by atoms with Crippen LogP contribution in [0.5, 0.6) is 0 Å². The number of pyridine rings is 1. The lowest BCUT2D eigenvalue weighted by atomic mass is 9.71. The summed E-state index contributed by atoms with van der Waals surface area (Å²) < 4.78 is 0. The van der Waals surface area contributed by atoms with Crippen LogP contribution in [0.4, 0.5) is 5.69 Å². The van der Waals surface area contributed by atoms with Crippen molar-refractivity contribution in [1.29, 1.82) is 0 Å². The number of piperidine rings is 1. The van der Waals surface area contributed by atoms with Crippen molar-refractivity contribution >= 4 is 11.6 Å². The molecule has 1 saturated heterocycles. The Balaban J connectivity index is 1.40. The van der Waals surface area contributed by atoms with Gasteiger partial charge in [0.1, 0.15) is 0 Å². The zero-order chi connectivity index (χ0) is 19.7. The SMILES string of the molecule is O=C(C1CCCC1)N1CC2(CCCN(Cc3cccnc3)C2)Cc2ccccc21. The molecule has 1 aromatic heterocycles. The monoisotopic (exact) mass is 389 g/mol. The molecule has 2 aliphatic heterocycles. The summed E-state index contributed by atoms with van der Waals surface area (Å²) in [7, 11) is 0. The molecule has 0 bridgehead atoms. The number of para-hydroxylation sites is 1. The number of anilines is 1. The number of carbonyl (C=O) groups is 1. The Morgan fingerprint density at radius 2 is 1.93 bits per heavy atom. The molecule has 1 atom stereocenters. The molecular formula is C25H31N3O. The number of hydrogen-bond acceptors (Lipinski definition) is 3. The molecule has 1 unspecified atom stereocenters. The lowest BCUT2D eigenvalue weighted by Crippen LogP contribution is -2.55. The van der Waals surface area contributed by atoms with Crippen LogP contribution in [0, 0.1) is 11.3 Å². The number of amides is 1. The van der Waals surface area contributed by atoms with E-state index in [0.29, 0.717) is 5.91 Å². The second kappa shape index (κ2) is 7.91. The topological polar surface area (TPSA) is 36.4 Å². The van der Waals surface area contributed by atoms with E-state index in [1.54, 1.807) is 0 Å². The highest BCUT2D eigenvalue weighted by Gasteiger charge is 2.43. The van der Waals surface area contributed by atoms with Gasteiger partial charge in [-0.1, -0.05) is 37.1 Å². The predicted octanol–water partition coefficient (Wildman–Crippen LogP) is 4.44. The fourth-order valence-electron chi connectivity index (χ4n) is 5.86. The summed E-state index contributed by atoms with van der Waals surface area (Å²) in [5.41, 5.74) is 3.97. The van der Waals surface area contributed by atoms with Gasteiger partial charge in [0.05, 0.1) is 0 Å². The van der Waals surface area contributed by atoms with E-state index in [4.69, 9.17) is 0 Å². The molecule has 1 spiro atoms. The molecule has 152 valence electrons. The van der Waals surface area contributed by atoms with Crippen molar-refractivity contribution in [1.82, 2.24) is 9.88 Å². The summed E-state index contributed by atoms with van der Waals surface area (Å²) in [4.78, 5) is 22.5. The Bertz CT molecular complexity index is 861. The Kier molecular flexibility index (Phi) is 5.13. The van der Waals surface area contributed by atoms with E-state index in [0.717, 1.165) is 45.4 Å². The maximum atomic E-state index is 13.5. The van der Waals surface area contributed by atoms with Gasteiger partial charge in [0, 0.05) is 49.0 Å². The molecule has 0 radical (unpaired) electrons. The van der Waals surface area contributed by atoms with Gasteiger partial charge in [-0.25, -0.2) is 0 Å². The maximum Gasteiger partial charge on any atom is 0.230 e. The van der Waals surface area contributed by atoms with E-state index in [-0.39, 0.29) is 11.3 Å². The van der Waals surface area contributed by atoms with E-state index in [2.05, 4.69) is 45.1 Å². The van der Waals surface area contributed by atoms with Crippen LogP contribution >= 0.6 is 0 Å². The fourth-order valence-corrected chi connectivity index (χ4v) is 5.86. The maximum absolute atomic E-state index is 13.5. The summed E-state index contributed by atoms with van der Waals surface area (Å²) in [5, 5.41) is 0. The molecule has 3 heterocycles. The number of aromatic nitrogens is 1. The van der Waals surface area contributed by atoms with Crippen molar-refractivity contribution in [3.63, 3.8) is 0 Å². The van der Waals surface area contributed by atoms with E-state index in [9.17, 15) is 4.79 Å². The van der Waals surface area contributed by atoms with Gasteiger partial charge >= 0.3 is 0 Å². The summed E-state index contributed by atoms with van der Waals surface area (Å²) in [5.74, 6) is 0.603. The molecule has 4 heteroatoms. The van der Waals surface area contributed by atoms with E-state index in [1.807, 2.05) is 18.5 Å². The summed E-state index contributed by atoms with van der Waals surface area (Å²) in [6.07, 6.45) is 11.9. The minimum Gasteiger partial charge on any atom is -0.311 e. The second-order valence-electron chi connectivity index (χ2n) is 9.39. The van der Waals surface area contributed by atoms with Gasteiger partial charge in [0.15, 0.2) is 0 Å². The van der Waals surface area contributed by atoms with Crippen LogP contribution in [0.2, 0.25) is 0 Å². The zero-order valence-corrected chi connectivity index (χ0v) is 17.2. The summed E-state index contributed by atoms with van der Waals surface area (Å²) >= 11 is 0. The van der Waals surface area contributed by atoms with Crippen molar-refractivity contribution in [2.45, 2.75) is 51.5 Å². The smallest absolute Gasteiger partial charge is 0.230 e. The molecule has 1 amide bonds. The highest BCUT2D eigenvalue weighted by atomic mass is 16.2. The molecule has 4 nitrogen and oxygen atoms in total. The highest BCUT2D eigenvalue weighted by molar-refractivity contribution is 5.96. The second-order valence-corrected chi connectivity index (χ2v) is 9.39. The van der Waals surface area contributed by atoms with Crippen molar-refractivity contribution < 1.29 is 4.79 Å². The molecule has 2 fully saturated rings. The van der Waals surface area contributed by atoms with Crippen molar-refractivity contribution in [2.24, 2.45) is 11.3 Å². The minimum atomic E-state index is 0.170. The Hall–Kier alpha value is -2.20. The molecule has 1 aromatic carbocycles. The van der Waals surface area contributed by atoms with Gasteiger partial charge in [0.2, 0.25) is 5.91 Å². The molecule has 0 N–H and O–H groups in total. The van der Waals surface area contributed by atoms with Gasteiger partial charge in [-0.2, -0.15) is 0 Å². The number of nitrogens with zero attached hydrogens (tertiary/aromatic N) is 3. The number of rotatable bonds is 3. The predicted molar refractivity (Wildman–Crippen MR) is 116 cm³/mol. The van der Waals surface area contributed by atoms with Gasteiger partial charge in [-0.15, -0.1) is 0 Å². The number of benzene rings is 1. The summed E-state index contributed by atoms with van der Waals surface area (Å²) in [6.45, 7) is 4.02. The molecule has 1 aliphatic carbocycles. The van der Waals surface area contributed by atoms with Crippen molar-refractivity contribution in [3.8, 4) is 0 Å². The van der Waals surface area contributed by atoms with Gasteiger partial charge < -0.3 is 4.90 Å². The van der Waals surface area contributed by atoms with Gasteiger partial charge in [-0.05, 0) is 61.9 Å².